The van der Waals surface area contributed by atoms with Gasteiger partial charge in [-0.25, -0.2) is 0 Å². The minimum atomic E-state index is -0.336. The third-order valence-electron chi connectivity index (χ3n) is 2.86. The molecule has 1 saturated carbocycles. The largest absolute Gasteiger partial charge is 0.469 e. The lowest BCUT2D eigenvalue weighted by Crippen LogP contribution is -2.04. The first-order chi connectivity index (χ1) is 8.11. The summed E-state index contributed by atoms with van der Waals surface area (Å²) >= 11 is 0. The SMILES string of the molecule is COC(=O)[C@H]1C[C@@H]1c1ccc(OC(C)=O)cc1. The molecule has 1 aliphatic rings. The van der Waals surface area contributed by atoms with Gasteiger partial charge in [-0.1, -0.05) is 12.1 Å². The highest BCUT2D eigenvalue weighted by Gasteiger charge is 2.44. The van der Waals surface area contributed by atoms with Crippen LogP contribution >= 0.6 is 0 Å². The van der Waals surface area contributed by atoms with E-state index >= 15 is 0 Å². The Bertz CT molecular complexity index is 435. The second kappa shape index (κ2) is 4.57. The summed E-state index contributed by atoms with van der Waals surface area (Å²) in [6.07, 6.45) is 0.833. The lowest BCUT2D eigenvalue weighted by Gasteiger charge is -2.03. The van der Waals surface area contributed by atoms with Crippen molar-refractivity contribution in [1.29, 1.82) is 0 Å². The van der Waals surface area contributed by atoms with Crippen molar-refractivity contribution >= 4 is 11.9 Å². The van der Waals surface area contributed by atoms with Gasteiger partial charge in [-0.15, -0.1) is 0 Å². The van der Waals surface area contributed by atoms with E-state index in [1.807, 2.05) is 12.1 Å². The van der Waals surface area contributed by atoms with Crippen molar-refractivity contribution < 1.29 is 19.1 Å². The Morgan fingerprint density at radius 2 is 1.88 bits per heavy atom. The highest BCUT2D eigenvalue weighted by Crippen LogP contribution is 2.48. The molecule has 0 radical (unpaired) electrons. The fraction of sp³-hybridized carbons (Fsp3) is 0.385. The summed E-state index contributed by atoms with van der Waals surface area (Å²) in [4.78, 5) is 22.0. The third kappa shape index (κ3) is 2.64. The summed E-state index contributed by atoms with van der Waals surface area (Å²) in [6, 6.07) is 7.24. The van der Waals surface area contributed by atoms with Crippen molar-refractivity contribution in [2.75, 3.05) is 7.11 Å². The van der Waals surface area contributed by atoms with E-state index in [0.29, 0.717) is 5.75 Å². The molecule has 0 amide bonds. The van der Waals surface area contributed by atoms with Gasteiger partial charge in [-0.3, -0.25) is 9.59 Å². The monoisotopic (exact) mass is 234 g/mol. The number of carbonyl (C=O) groups is 2. The van der Waals surface area contributed by atoms with Crippen molar-refractivity contribution in [3.63, 3.8) is 0 Å². The van der Waals surface area contributed by atoms with Gasteiger partial charge in [0.05, 0.1) is 13.0 Å². The lowest BCUT2D eigenvalue weighted by molar-refractivity contribution is -0.142. The molecule has 0 aromatic heterocycles. The predicted octanol–water partition coefficient (Wildman–Crippen LogP) is 1.89. The zero-order valence-corrected chi connectivity index (χ0v) is 9.80. The minimum absolute atomic E-state index is 0.0143. The standard InChI is InChI=1S/C13H14O4/c1-8(14)17-10-5-3-9(4-6-10)11-7-12(11)13(15)16-2/h3-6,11-12H,7H2,1-2H3/t11-,12+/m1/s1. The molecule has 0 heterocycles. The summed E-state index contributed by atoms with van der Waals surface area (Å²) < 4.78 is 9.63. The molecule has 4 nitrogen and oxygen atoms in total. The average Bonchev–Trinajstić information content (AvgIpc) is 3.08. The summed E-state index contributed by atoms with van der Waals surface area (Å²) in [7, 11) is 1.40. The summed E-state index contributed by atoms with van der Waals surface area (Å²) in [6.45, 7) is 1.36. The van der Waals surface area contributed by atoms with Crippen LogP contribution < -0.4 is 4.74 Å². The van der Waals surface area contributed by atoms with Crippen LogP contribution in [0.2, 0.25) is 0 Å². The summed E-state index contributed by atoms with van der Waals surface area (Å²) in [5, 5.41) is 0. The van der Waals surface area contributed by atoms with Crippen LogP contribution in [-0.4, -0.2) is 19.0 Å². The van der Waals surface area contributed by atoms with Gasteiger partial charge in [0.25, 0.3) is 0 Å². The average molecular weight is 234 g/mol. The number of rotatable bonds is 3. The van der Waals surface area contributed by atoms with Crippen LogP contribution in [0.25, 0.3) is 0 Å². The van der Waals surface area contributed by atoms with Crippen LogP contribution in [0.3, 0.4) is 0 Å². The molecule has 1 aliphatic carbocycles. The summed E-state index contributed by atoms with van der Waals surface area (Å²) in [5.41, 5.74) is 1.08. The minimum Gasteiger partial charge on any atom is -0.469 e. The fourth-order valence-electron chi connectivity index (χ4n) is 1.92. The Balaban J connectivity index is 2.00. The molecular weight excluding hydrogens is 220 g/mol. The third-order valence-corrected chi connectivity index (χ3v) is 2.86. The van der Waals surface area contributed by atoms with Crippen LogP contribution in [-0.2, 0) is 14.3 Å². The van der Waals surface area contributed by atoms with Gasteiger partial charge in [-0.05, 0) is 30.0 Å². The highest BCUT2D eigenvalue weighted by atomic mass is 16.5. The van der Waals surface area contributed by atoms with E-state index in [1.165, 1.54) is 14.0 Å². The molecule has 1 aromatic rings. The molecule has 2 rings (SSSR count). The number of carbonyl (C=O) groups excluding carboxylic acids is 2. The first kappa shape index (κ1) is 11.6. The van der Waals surface area contributed by atoms with Gasteiger partial charge in [0.15, 0.2) is 0 Å². The van der Waals surface area contributed by atoms with E-state index in [1.54, 1.807) is 12.1 Å². The number of esters is 2. The van der Waals surface area contributed by atoms with Crippen molar-refractivity contribution in [3.8, 4) is 5.75 Å². The van der Waals surface area contributed by atoms with Crippen molar-refractivity contribution in [2.24, 2.45) is 5.92 Å². The Kier molecular flexibility index (Phi) is 3.13. The second-order valence-electron chi connectivity index (χ2n) is 4.13. The highest BCUT2D eigenvalue weighted by molar-refractivity contribution is 5.77. The molecule has 0 unspecified atom stereocenters. The van der Waals surface area contributed by atoms with Crippen molar-refractivity contribution in [3.05, 3.63) is 29.8 Å². The lowest BCUT2D eigenvalue weighted by atomic mass is 10.1. The maximum atomic E-state index is 11.3. The van der Waals surface area contributed by atoms with Gasteiger partial charge in [0.1, 0.15) is 5.75 Å². The summed E-state index contributed by atoms with van der Waals surface area (Å²) in [5.74, 6) is 0.264. The van der Waals surface area contributed by atoms with Crippen LogP contribution in [0, 0.1) is 5.92 Å². The van der Waals surface area contributed by atoms with Gasteiger partial charge in [0, 0.05) is 6.92 Å². The van der Waals surface area contributed by atoms with E-state index in [-0.39, 0.29) is 23.8 Å². The molecular formula is C13H14O4. The molecule has 90 valence electrons. The van der Waals surface area contributed by atoms with Crippen LogP contribution in [0.4, 0.5) is 0 Å². The number of hydrogen-bond donors (Lipinski definition) is 0. The van der Waals surface area contributed by atoms with Gasteiger partial charge < -0.3 is 9.47 Å². The molecule has 4 heteroatoms. The zero-order chi connectivity index (χ0) is 12.4. The van der Waals surface area contributed by atoms with E-state index in [9.17, 15) is 9.59 Å². The maximum Gasteiger partial charge on any atom is 0.309 e. The van der Waals surface area contributed by atoms with Crippen molar-refractivity contribution in [1.82, 2.24) is 0 Å². The Morgan fingerprint density at radius 3 is 2.41 bits per heavy atom. The topological polar surface area (TPSA) is 52.6 Å². The molecule has 0 saturated heterocycles. The van der Waals surface area contributed by atoms with Crippen LogP contribution in [0.15, 0.2) is 24.3 Å². The molecule has 1 fully saturated rings. The molecule has 1 aromatic carbocycles. The quantitative estimate of drug-likeness (QED) is 0.592. The molecule has 0 aliphatic heterocycles. The van der Waals surface area contributed by atoms with E-state index in [0.717, 1.165) is 12.0 Å². The van der Waals surface area contributed by atoms with E-state index in [2.05, 4.69) is 0 Å². The van der Waals surface area contributed by atoms with E-state index < -0.39 is 0 Å². The number of ether oxygens (including phenoxy) is 2. The Labute approximate surface area is 99.5 Å². The van der Waals surface area contributed by atoms with Crippen LogP contribution in [0.5, 0.6) is 5.75 Å². The molecule has 0 N–H and O–H groups in total. The molecule has 17 heavy (non-hydrogen) atoms. The van der Waals surface area contributed by atoms with E-state index in [4.69, 9.17) is 9.47 Å². The van der Waals surface area contributed by atoms with Gasteiger partial charge in [-0.2, -0.15) is 0 Å². The molecule has 0 bridgehead atoms. The maximum absolute atomic E-state index is 11.3. The molecule has 0 spiro atoms. The van der Waals surface area contributed by atoms with Crippen LogP contribution in [0.1, 0.15) is 24.8 Å². The van der Waals surface area contributed by atoms with Gasteiger partial charge in [0.2, 0.25) is 0 Å². The fourth-order valence-corrected chi connectivity index (χ4v) is 1.92. The predicted molar refractivity (Wildman–Crippen MR) is 60.6 cm³/mol. The number of methoxy groups -OCH3 is 1. The normalized spacial score (nSPS) is 21.8. The first-order valence-electron chi connectivity index (χ1n) is 5.48. The molecule has 2 atom stereocenters. The Morgan fingerprint density at radius 1 is 1.24 bits per heavy atom. The number of benzene rings is 1. The Hall–Kier alpha value is -1.84. The smallest absolute Gasteiger partial charge is 0.309 e. The first-order valence-corrected chi connectivity index (χ1v) is 5.48. The van der Waals surface area contributed by atoms with Crippen molar-refractivity contribution in [2.45, 2.75) is 19.3 Å². The number of hydrogen-bond acceptors (Lipinski definition) is 4. The zero-order valence-electron chi connectivity index (χ0n) is 9.80. The van der Waals surface area contributed by atoms with Gasteiger partial charge >= 0.3 is 11.9 Å². The second-order valence-corrected chi connectivity index (χ2v) is 4.13.